The number of sulfonamides is 1. The number of nitrogens with zero attached hydrogens (tertiary/aromatic N) is 4. The maximum Gasteiger partial charge on any atom is 0.242 e. The van der Waals surface area contributed by atoms with Crippen LogP contribution in [0.25, 0.3) is 22.2 Å². The number of fused-ring (bicyclic) bond motifs is 1. The number of hydrogen-bond donors (Lipinski definition) is 0. The normalized spacial score (nSPS) is 11.6. The van der Waals surface area contributed by atoms with E-state index in [1.807, 2.05) is 42.5 Å². The van der Waals surface area contributed by atoms with E-state index in [-0.39, 0.29) is 11.5 Å². The van der Waals surface area contributed by atoms with Gasteiger partial charge < -0.3 is 9.30 Å². The van der Waals surface area contributed by atoms with Gasteiger partial charge in [-0.05, 0) is 60.0 Å². The molecule has 3 aromatic carbocycles. The zero-order valence-corrected chi connectivity index (χ0v) is 20.2. The van der Waals surface area contributed by atoms with Gasteiger partial charge in [0.25, 0.3) is 0 Å². The van der Waals surface area contributed by atoms with Crippen molar-refractivity contribution in [2.24, 2.45) is 0 Å². The summed E-state index contributed by atoms with van der Waals surface area (Å²) >= 11 is 0. The Balaban J connectivity index is 1.56. The molecule has 34 heavy (non-hydrogen) atoms. The fourth-order valence-electron chi connectivity index (χ4n) is 3.74. The molecule has 8 heteroatoms. The minimum Gasteiger partial charge on any atom is -0.486 e. The van der Waals surface area contributed by atoms with E-state index in [1.54, 1.807) is 24.3 Å². The summed E-state index contributed by atoms with van der Waals surface area (Å²) in [6, 6.07) is 22.4. The van der Waals surface area contributed by atoms with Gasteiger partial charge in [0.2, 0.25) is 10.0 Å². The molecule has 0 radical (unpaired) electrons. The molecule has 1 aromatic heterocycles. The van der Waals surface area contributed by atoms with Crippen molar-refractivity contribution in [3.63, 3.8) is 0 Å². The zero-order chi connectivity index (χ0) is 24.3. The monoisotopic (exact) mass is 474 g/mol. The number of imidazole rings is 1. The first-order valence-electron chi connectivity index (χ1n) is 11.0. The molecule has 0 N–H and O–H groups in total. The van der Waals surface area contributed by atoms with E-state index >= 15 is 0 Å². The van der Waals surface area contributed by atoms with Crippen LogP contribution in [0, 0.1) is 11.3 Å². The summed E-state index contributed by atoms with van der Waals surface area (Å²) in [7, 11) is -0.504. The van der Waals surface area contributed by atoms with Crippen molar-refractivity contribution >= 4 is 21.1 Å². The molecule has 1 heterocycles. The summed E-state index contributed by atoms with van der Waals surface area (Å²) < 4.78 is 34.3. The topological polar surface area (TPSA) is 88.2 Å². The lowest BCUT2D eigenvalue weighted by Crippen LogP contribution is -2.22. The zero-order valence-electron chi connectivity index (χ0n) is 19.4. The molecule has 7 nitrogen and oxygen atoms in total. The standard InChI is InChI=1S/C26H26N4O3S/c1-4-15-30-25-14-13-23(34(31,32)29(2)3)16-24(25)28-26(30)18-33-22-11-9-21(10-12-22)20-7-5-19(17-27)6-8-20/h5-14,16H,4,15,18H2,1-3H3. The first kappa shape index (κ1) is 23.5. The summed E-state index contributed by atoms with van der Waals surface area (Å²) in [5.74, 6) is 1.45. The van der Waals surface area contributed by atoms with E-state index in [2.05, 4.69) is 22.5 Å². The van der Waals surface area contributed by atoms with Crippen LogP contribution in [0.1, 0.15) is 24.7 Å². The van der Waals surface area contributed by atoms with Gasteiger partial charge in [0.15, 0.2) is 0 Å². The Morgan fingerprint density at radius 1 is 1.00 bits per heavy atom. The Labute approximate surface area is 199 Å². The van der Waals surface area contributed by atoms with E-state index in [0.717, 1.165) is 35.4 Å². The number of benzene rings is 3. The van der Waals surface area contributed by atoms with Gasteiger partial charge in [-0.15, -0.1) is 0 Å². The fourth-order valence-corrected chi connectivity index (χ4v) is 4.66. The second-order valence-corrected chi connectivity index (χ2v) is 10.3. The maximum atomic E-state index is 12.5. The number of aromatic nitrogens is 2. The van der Waals surface area contributed by atoms with Crippen molar-refractivity contribution < 1.29 is 13.2 Å². The van der Waals surface area contributed by atoms with Crippen LogP contribution in [0.5, 0.6) is 5.75 Å². The molecular formula is C26H26N4O3S. The van der Waals surface area contributed by atoms with Crippen molar-refractivity contribution in [3.05, 3.63) is 78.1 Å². The first-order valence-corrected chi connectivity index (χ1v) is 12.4. The van der Waals surface area contributed by atoms with Gasteiger partial charge in [-0.25, -0.2) is 17.7 Å². The quantitative estimate of drug-likeness (QED) is 0.366. The van der Waals surface area contributed by atoms with E-state index < -0.39 is 10.0 Å². The Hall–Kier alpha value is -3.67. The lowest BCUT2D eigenvalue weighted by atomic mass is 10.0. The highest BCUT2D eigenvalue weighted by Crippen LogP contribution is 2.25. The SMILES string of the molecule is CCCn1c(COc2ccc(-c3ccc(C#N)cc3)cc2)nc2cc(S(=O)(=O)N(C)C)ccc21. The lowest BCUT2D eigenvalue weighted by Gasteiger charge is -2.11. The molecule has 0 aliphatic carbocycles. The van der Waals surface area contributed by atoms with Crippen LogP contribution in [0.3, 0.4) is 0 Å². The molecule has 0 bridgehead atoms. The van der Waals surface area contributed by atoms with Crippen LogP contribution in [0.15, 0.2) is 71.6 Å². The average molecular weight is 475 g/mol. The second-order valence-electron chi connectivity index (χ2n) is 8.12. The number of rotatable bonds is 8. The van der Waals surface area contributed by atoms with Crippen LogP contribution in [-0.2, 0) is 23.2 Å². The van der Waals surface area contributed by atoms with Crippen LogP contribution in [0.4, 0.5) is 0 Å². The molecular weight excluding hydrogens is 448 g/mol. The Morgan fingerprint density at radius 3 is 2.24 bits per heavy atom. The molecule has 0 spiro atoms. The van der Waals surface area contributed by atoms with Gasteiger partial charge in [-0.3, -0.25) is 0 Å². The summed E-state index contributed by atoms with van der Waals surface area (Å²) in [4.78, 5) is 4.91. The molecule has 0 saturated carbocycles. The van der Waals surface area contributed by atoms with Gasteiger partial charge in [-0.2, -0.15) is 5.26 Å². The van der Waals surface area contributed by atoms with Gasteiger partial charge in [-0.1, -0.05) is 31.2 Å². The number of hydrogen-bond acceptors (Lipinski definition) is 5. The minimum atomic E-state index is -3.53. The predicted molar refractivity (Wildman–Crippen MR) is 132 cm³/mol. The molecule has 0 aliphatic heterocycles. The van der Waals surface area contributed by atoms with Gasteiger partial charge in [0, 0.05) is 20.6 Å². The molecule has 4 aromatic rings. The number of ether oxygens (including phenoxy) is 1. The third-order valence-corrected chi connectivity index (χ3v) is 7.41. The summed E-state index contributed by atoms with van der Waals surface area (Å²) in [5, 5.41) is 8.96. The molecule has 0 amide bonds. The number of nitriles is 1. The van der Waals surface area contributed by atoms with Crippen molar-refractivity contribution in [1.82, 2.24) is 13.9 Å². The van der Waals surface area contributed by atoms with E-state index in [9.17, 15) is 8.42 Å². The number of aryl methyl sites for hydroxylation is 1. The van der Waals surface area contributed by atoms with Crippen molar-refractivity contribution in [1.29, 1.82) is 5.26 Å². The van der Waals surface area contributed by atoms with E-state index in [0.29, 0.717) is 16.8 Å². The fraction of sp³-hybridized carbons (Fsp3) is 0.231. The Bertz CT molecular complexity index is 1450. The second kappa shape index (κ2) is 9.67. The van der Waals surface area contributed by atoms with Gasteiger partial charge >= 0.3 is 0 Å². The Morgan fingerprint density at radius 2 is 1.65 bits per heavy atom. The molecule has 0 atom stereocenters. The van der Waals surface area contributed by atoms with Crippen molar-refractivity contribution in [2.75, 3.05) is 14.1 Å². The van der Waals surface area contributed by atoms with E-state index in [1.165, 1.54) is 18.4 Å². The highest BCUT2D eigenvalue weighted by atomic mass is 32.2. The molecule has 0 aliphatic rings. The predicted octanol–water partition coefficient (Wildman–Crippen LogP) is 4.81. The highest BCUT2D eigenvalue weighted by molar-refractivity contribution is 7.89. The largest absolute Gasteiger partial charge is 0.486 e. The smallest absolute Gasteiger partial charge is 0.242 e. The van der Waals surface area contributed by atoms with Crippen LogP contribution in [0.2, 0.25) is 0 Å². The van der Waals surface area contributed by atoms with Gasteiger partial charge in [0.05, 0.1) is 27.6 Å². The third kappa shape index (κ3) is 4.67. The van der Waals surface area contributed by atoms with Crippen LogP contribution in [-0.4, -0.2) is 36.4 Å². The molecule has 174 valence electrons. The molecule has 0 saturated heterocycles. The summed E-state index contributed by atoms with van der Waals surface area (Å²) in [6.07, 6.45) is 0.912. The average Bonchev–Trinajstić information content (AvgIpc) is 3.20. The minimum absolute atomic E-state index is 0.219. The maximum absolute atomic E-state index is 12.5. The van der Waals surface area contributed by atoms with Gasteiger partial charge in [0.1, 0.15) is 18.2 Å². The molecule has 4 rings (SSSR count). The molecule has 0 fully saturated rings. The van der Waals surface area contributed by atoms with Crippen molar-refractivity contribution in [3.8, 4) is 22.9 Å². The summed E-state index contributed by atoms with van der Waals surface area (Å²) in [5.41, 5.74) is 4.20. The lowest BCUT2D eigenvalue weighted by molar-refractivity contribution is 0.290. The van der Waals surface area contributed by atoms with Crippen molar-refractivity contribution in [2.45, 2.75) is 31.4 Å². The third-order valence-electron chi connectivity index (χ3n) is 5.59. The molecule has 0 unspecified atom stereocenters. The Kier molecular flexibility index (Phi) is 6.68. The van der Waals surface area contributed by atoms with Crippen LogP contribution < -0.4 is 4.74 Å². The summed E-state index contributed by atoms with van der Waals surface area (Å²) in [6.45, 7) is 3.11. The van der Waals surface area contributed by atoms with Crippen LogP contribution >= 0.6 is 0 Å². The highest BCUT2D eigenvalue weighted by Gasteiger charge is 2.20. The first-order chi connectivity index (χ1) is 16.3. The van der Waals surface area contributed by atoms with E-state index in [4.69, 9.17) is 10.00 Å².